The SMILES string of the molecule is Cc1ccc(-c2ncc(CNC(C)C)[nH]2)cc1F. The van der Waals surface area contributed by atoms with Crippen LogP contribution in [0.4, 0.5) is 4.39 Å². The quantitative estimate of drug-likeness (QED) is 0.872. The molecule has 2 aromatic rings. The lowest BCUT2D eigenvalue weighted by molar-refractivity contribution is 0.583. The van der Waals surface area contributed by atoms with Crippen molar-refractivity contribution < 1.29 is 4.39 Å². The molecule has 0 saturated carbocycles. The second-order valence-electron chi connectivity index (χ2n) is 4.76. The minimum Gasteiger partial charge on any atom is -0.341 e. The molecule has 2 rings (SSSR count). The molecule has 4 heteroatoms. The van der Waals surface area contributed by atoms with Gasteiger partial charge in [0.15, 0.2) is 0 Å². The zero-order valence-electron chi connectivity index (χ0n) is 10.9. The Hall–Kier alpha value is -1.68. The third-order valence-corrected chi connectivity index (χ3v) is 2.77. The van der Waals surface area contributed by atoms with Gasteiger partial charge in [0.25, 0.3) is 0 Å². The van der Waals surface area contributed by atoms with Crippen LogP contribution in [0.15, 0.2) is 24.4 Å². The van der Waals surface area contributed by atoms with Gasteiger partial charge in [0.05, 0.1) is 0 Å². The number of nitrogens with zero attached hydrogens (tertiary/aromatic N) is 1. The number of imidazole rings is 1. The molecule has 0 aliphatic rings. The Morgan fingerprint density at radius 2 is 2.17 bits per heavy atom. The van der Waals surface area contributed by atoms with E-state index < -0.39 is 0 Å². The number of halogens is 1. The van der Waals surface area contributed by atoms with Crippen molar-refractivity contribution in [1.29, 1.82) is 0 Å². The van der Waals surface area contributed by atoms with Gasteiger partial charge in [0.1, 0.15) is 11.6 Å². The highest BCUT2D eigenvalue weighted by atomic mass is 19.1. The van der Waals surface area contributed by atoms with E-state index >= 15 is 0 Å². The lowest BCUT2D eigenvalue weighted by atomic mass is 10.1. The summed E-state index contributed by atoms with van der Waals surface area (Å²) in [5.41, 5.74) is 2.42. The average Bonchev–Trinajstić information content (AvgIpc) is 2.79. The van der Waals surface area contributed by atoms with Crippen molar-refractivity contribution in [1.82, 2.24) is 15.3 Å². The van der Waals surface area contributed by atoms with Gasteiger partial charge >= 0.3 is 0 Å². The van der Waals surface area contributed by atoms with E-state index in [1.54, 1.807) is 19.2 Å². The van der Waals surface area contributed by atoms with Crippen LogP contribution in [0.25, 0.3) is 11.4 Å². The van der Waals surface area contributed by atoms with Crippen molar-refractivity contribution in [2.45, 2.75) is 33.4 Å². The molecular formula is C14H18FN3. The Balaban J connectivity index is 2.16. The van der Waals surface area contributed by atoms with Gasteiger partial charge in [-0.25, -0.2) is 9.37 Å². The molecule has 0 amide bonds. The van der Waals surface area contributed by atoms with Crippen LogP contribution in [0, 0.1) is 12.7 Å². The minimum atomic E-state index is -0.203. The Kier molecular flexibility index (Phi) is 3.77. The number of nitrogens with one attached hydrogen (secondary N) is 2. The van der Waals surface area contributed by atoms with Crippen LogP contribution in [0.5, 0.6) is 0 Å². The van der Waals surface area contributed by atoms with E-state index in [1.165, 1.54) is 6.07 Å². The number of hydrogen-bond acceptors (Lipinski definition) is 2. The van der Waals surface area contributed by atoms with Gasteiger partial charge in [-0.05, 0) is 18.6 Å². The fourth-order valence-corrected chi connectivity index (χ4v) is 1.65. The van der Waals surface area contributed by atoms with Gasteiger partial charge in [-0.2, -0.15) is 0 Å². The first kappa shape index (κ1) is 12.8. The highest BCUT2D eigenvalue weighted by Gasteiger charge is 2.06. The van der Waals surface area contributed by atoms with Crippen molar-refractivity contribution in [3.05, 3.63) is 41.5 Å². The maximum atomic E-state index is 13.5. The van der Waals surface area contributed by atoms with Crippen molar-refractivity contribution in [2.24, 2.45) is 0 Å². The second-order valence-corrected chi connectivity index (χ2v) is 4.76. The second kappa shape index (κ2) is 5.31. The van der Waals surface area contributed by atoms with E-state index in [0.29, 0.717) is 17.4 Å². The first-order valence-corrected chi connectivity index (χ1v) is 6.10. The Morgan fingerprint density at radius 3 is 2.83 bits per heavy atom. The molecule has 0 saturated heterocycles. The molecule has 2 N–H and O–H groups in total. The number of aryl methyl sites for hydroxylation is 1. The normalized spacial score (nSPS) is 11.2. The summed E-state index contributed by atoms with van der Waals surface area (Å²) < 4.78 is 13.5. The molecule has 0 fully saturated rings. The van der Waals surface area contributed by atoms with Crippen LogP contribution in [-0.4, -0.2) is 16.0 Å². The lowest BCUT2D eigenvalue weighted by Crippen LogP contribution is -2.21. The Bertz CT molecular complexity index is 532. The maximum absolute atomic E-state index is 13.5. The Labute approximate surface area is 106 Å². The summed E-state index contributed by atoms with van der Waals surface area (Å²) in [6, 6.07) is 5.57. The van der Waals surface area contributed by atoms with E-state index in [2.05, 4.69) is 29.1 Å². The fourth-order valence-electron chi connectivity index (χ4n) is 1.65. The van der Waals surface area contributed by atoms with Crippen LogP contribution in [-0.2, 0) is 6.54 Å². The van der Waals surface area contributed by atoms with Crippen LogP contribution >= 0.6 is 0 Å². The van der Waals surface area contributed by atoms with Gasteiger partial charge in [0, 0.05) is 30.0 Å². The highest BCUT2D eigenvalue weighted by molar-refractivity contribution is 5.55. The summed E-state index contributed by atoms with van der Waals surface area (Å²) in [6.07, 6.45) is 1.78. The third-order valence-electron chi connectivity index (χ3n) is 2.77. The standard InChI is InChI=1S/C14H18FN3/c1-9(2)16-7-12-8-17-14(18-12)11-5-4-10(3)13(15)6-11/h4-6,8-9,16H,7H2,1-3H3,(H,17,18). The van der Waals surface area contributed by atoms with Gasteiger partial charge in [-0.3, -0.25) is 0 Å². The van der Waals surface area contributed by atoms with Crippen LogP contribution in [0.1, 0.15) is 25.1 Å². The number of aromatic nitrogens is 2. The van der Waals surface area contributed by atoms with Gasteiger partial charge in [-0.15, -0.1) is 0 Å². The molecule has 0 bridgehead atoms. The van der Waals surface area contributed by atoms with E-state index in [-0.39, 0.29) is 5.82 Å². The summed E-state index contributed by atoms with van der Waals surface area (Å²) in [6.45, 7) is 6.66. The Morgan fingerprint density at radius 1 is 1.39 bits per heavy atom. The predicted octanol–water partition coefficient (Wildman–Crippen LogP) is 3.02. The molecule has 3 nitrogen and oxygen atoms in total. The van der Waals surface area contributed by atoms with Crippen molar-refractivity contribution >= 4 is 0 Å². The largest absolute Gasteiger partial charge is 0.341 e. The summed E-state index contributed by atoms with van der Waals surface area (Å²) in [7, 11) is 0. The fraction of sp³-hybridized carbons (Fsp3) is 0.357. The first-order valence-electron chi connectivity index (χ1n) is 6.10. The van der Waals surface area contributed by atoms with Crippen molar-refractivity contribution in [3.8, 4) is 11.4 Å². The molecule has 0 spiro atoms. The number of H-pyrrole nitrogens is 1. The molecule has 18 heavy (non-hydrogen) atoms. The van der Waals surface area contributed by atoms with E-state index in [4.69, 9.17) is 0 Å². The molecule has 1 aromatic heterocycles. The summed E-state index contributed by atoms with van der Waals surface area (Å²) in [4.78, 5) is 7.46. The first-order chi connectivity index (χ1) is 8.56. The van der Waals surface area contributed by atoms with Crippen LogP contribution in [0.3, 0.4) is 0 Å². The van der Waals surface area contributed by atoms with Crippen molar-refractivity contribution in [3.63, 3.8) is 0 Å². The summed E-state index contributed by atoms with van der Waals surface area (Å²) in [5, 5.41) is 3.30. The molecule has 0 radical (unpaired) electrons. The molecule has 0 atom stereocenters. The average molecular weight is 247 g/mol. The van der Waals surface area contributed by atoms with Gasteiger partial charge in [0.2, 0.25) is 0 Å². The van der Waals surface area contributed by atoms with Crippen LogP contribution in [0.2, 0.25) is 0 Å². The molecule has 0 aliphatic carbocycles. The molecule has 0 aliphatic heterocycles. The van der Waals surface area contributed by atoms with Gasteiger partial charge in [-0.1, -0.05) is 26.0 Å². The number of hydrogen-bond donors (Lipinski definition) is 2. The zero-order chi connectivity index (χ0) is 13.1. The molecule has 0 unspecified atom stereocenters. The zero-order valence-corrected chi connectivity index (χ0v) is 10.9. The smallest absolute Gasteiger partial charge is 0.137 e. The van der Waals surface area contributed by atoms with Gasteiger partial charge < -0.3 is 10.3 Å². The number of rotatable bonds is 4. The van der Waals surface area contributed by atoms with Crippen LogP contribution < -0.4 is 5.32 Å². The highest BCUT2D eigenvalue weighted by Crippen LogP contribution is 2.18. The number of aromatic amines is 1. The third kappa shape index (κ3) is 2.96. The predicted molar refractivity (Wildman–Crippen MR) is 70.7 cm³/mol. The molecule has 1 aromatic carbocycles. The molecule has 96 valence electrons. The topological polar surface area (TPSA) is 40.7 Å². The molecule has 1 heterocycles. The maximum Gasteiger partial charge on any atom is 0.137 e. The summed E-state index contributed by atoms with van der Waals surface area (Å²) >= 11 is 0. The lowest BCUT2D eigenvalue weighted by Gasteiger charge is -2.05. The summed E-state index contributed by atoms with van der Waals surface area (Å²) in [5.74, 6) is 0.500. The monoisotopic (exact) mass is 247 g/mol. The van der Waals surface area contributed by atoms with E-state index in [0.717, 1.165) is 17.8 Å². The van der Waals surface area contributed by atoms with Crippen molar-refractivity contribution in [2.75, 3.05) is 0 Å². The van der Waals surface area contributed by atoms with E-state index in [9.17, 15) is 4.39 Å². The number of benzene rings is 1. The molecular weight excluding hydrogens is 229 g/mol. The minimum absolute atomic E-state index is 0.203. The van der Waals surface area contributed by atoms with E-state index in [1.807, 2.05) is 6.07 Å².